The van der Waals surface area contributed by atoms with Crippen LogP contribution in [0.4, 0.5) is 11.4 Å². The summed E-state index contributed by atoms with van der Waals surface area (Å²) >= 11 is 0. The van der Waals surface area contributed by atoms with Gasteiger partial charge in [-0.3, -0.25) is 14.4 Å². The molecule has 12 heteroatoms. The van der Waals surface area contributed by atoms with Crippen molar-refractivity contribution in [2.45, 2.75) is 82.3 Å². The second-order valence-electron chi connectivity index (χ2n) is 14.0. The molecule has 11 nitrogen and oxygen atoms in total. The Labute approximate surface area is 287 Å². The Hall–Kier alpha value is -4.07. The molecule has 4 N–H and O–H groups in total. The summed E-state index contributed by atoms with van der Waals surface area (Å²) < 4.78 is 12.5. The molecule has 0 unspecified atom stereocenters. The molecule has 3 amide bonds. The first-order chi connectivity index (χ1) is 23.3. The van der Waals surface area contributed by atoms with E-state index in [4.69, 9.17) is 9.47 Å². The van der Waals surface area contributed by atoms with E-state index in [1.807, 2.05) is 56.4 Å². The zero-order valence-corrected chi connectivity index (χ0v) is 29.6. The Kier molecular flexibility index (Phi) is 9.46. The molecule has 1 spiro atoms. The fraction of sp³-hybridized carbons (Fsp3) is 0.432. The van der Waals surface area contributed by atoms with Crippen molar-refractivity contribution in [3.05, 3.63) is 89.0 Å². The Morgan fingerprint density at radius 1 is 1.10 bits per heavy atom. The molecule has 49 heavy (non-hydrogen) atoms. The van der Waals surface area contributed by atoms with Crippen molar-refractivity contribution in [1.29, 1.82) is 0 Å². The maximum absolute atomic E-state index is 14.9. The zero-order chi connectivity index (χ0) is 35.2. The van der Waals surface area contributed by atoms with E-state index < -0.39 is 43.5 Å². The number of hydrogen-bond donors (Lipinski definition) is 4. The number of carbonyl (C=O) groups is 3. The summed E-state index contributed by atoms with van der Waals surface area (Å²) in [5, 5.41) is 22.6. The molecule has 0 aromatic heterocycles. The van der Waals surface area contributed by atoms with Gasteiger partial charge in [0.25, 0.3) is 11.8 Å². The predicted molar refractivity (Wildman–Crippen MR) is 186 cm³/mol. The van der Waals surface area contributed by atoms with Gasteiger partial charge in [-0.2, -0.15) is 0 Å². The molecular formula is C37H45N3O8Si. The number of benzene rings is 3. The highest BCUT2D eigenvalue weighted by atomic mass is 28.4. The van der Waals surface area contributed by atoms with Crippen LogP contribution in [-0.4, -0.2) is 77.9 Å². The van der Waals surface area contributed by atoms with Crippen molar-refractivity contribution in [2.75, 3.05) is 23.9 Å². The standard InChI is InChI=1S/C37H45N3O8Si/c1-22-34(49(4,5)46)32(18-33(43)39-20-26-11-7-6-10-25(26)16-28(39)21-41)48-37(22)30-17-29(47-3)13-14-31(30)40(36(37)45)19-24-9-8-12-27(15-24)38-35(44)23(2)42/h6-15,17,22-23,28,32,34,41-42,46H,16,18-21H2,1-5H3,(H,38,44)/t22-,23+,28+,32+,34-,37+/m1/s1. The molecule has 3 aliphatic rings. The summed E-state index contributed by atoms with van der Waals surface area (Å²) in [6.07, 6.45) is -1.45. The minimum absolute atomic E-state index is 0.0516. The third-order valence-corrected chi connectivity index (χ3v) is 12.9. The van der Waals surface area contributed by atoms with Gasteiger partial charge in [-0.15, -0.1) is 0 Å². The van der Waals surface area contributed by atoms with Gasteiger partial charge in [-0.25, -0.2) is 0 Å². The third-order valence-electron chi connectivity index (χ3n) is 10.4. The Morgan fingerprint density at radius 3 is 2.51 bits per heavy atom. The number of hydrogen-bond acceptors (Lipinski definition) is 8. The van der Waals surface area contributed by atoms with Crippen LogP contribution in [0.2, 0.25) is 18.6 Å². The van der Waals surface area contributed by atoms with E-state index in [2.05, 4.69) is 5.32 Å². The van der Waals surface area contributed by atoms with E-state index in [1.54, 1.807) is 47.2 Å². The number of aliphatic hydroxyl groups excluding tert-OH is 2. The maximum atomic E-state index is 14.9. The van der Waals surface area contributed by atoms with Crippen molar-refractivity contribution in [3.8, 4) is 5.75 Å². The van der Waals surface area contributed by atoms with Crippen LogP contribution in [0.1, 0.15) is 42.5 Å². The van der Waals surface area contributed by atoms with Gasteiger partial charge in [0.05, 0.1) is 44.5 Å². The number of nitrogens with zero attached hydrogens (tertiary/aromatic N) is 2. The van der Waals surface area contributed by atoms with Gasteiger partial charge in [0.1, 0.15) is 11.9 Å². The number of carbonyl (C=O) groups excluding carboxylic acids is 3. The molecule has 1 fully saturated rings. The second-order valence-corrected chi connectivity index (χ2v) is 18.0. The molecule has 6 rings (SSSR count). The van der Waals surface area contributed by atoms with Crippen LogP contribution in [-0.2, 0) is 44.2 Å². The number of amides is 3. The van der Waals surface area contributed by atoms with Crippen LogP contribution in [0.25, 0.3) is 0 Å². The summed E-state index contributed by atoms with van der Waals surface area (Å²) in [7, 11) is -1.50. The highest BCUT2D eigenvalue weighted by Gasteiger charge is 2.66. The van der Waals surface area contributed by atoms with E-state index >= 15 is 0 Å². The average Bonchev–Trinajstić information content (AvgIpc) is 3.49. The van der Waals surface area contributed by atoms with E-state index in [1.165, 1.54) is 6.92 Å². The largest absolute Gasteiger partial charge is 0.497 e. The van der Waals surface area contributed by atoms with Gasteiger partial charge in [-0.1, -0.05) is 43.3 Å². The van der Waals surface area contributed by atoms with Crippen LogP contribution < -0.4 is 15.0 Å². The first-order valence-corrected chi connectivity index (χ1v) is 19.8. The summed E-state index contributed by atoms with van der Waals surface area (Å²) in [5.41, 5.74) is 2.64. The quantitative estimate of drug-likeness (QED) is 0.249. The molecule has 3 aromatic carbocycles. The van der Waals surface area contributed by atoms with Crippen molar-refractivity contribution < 1.29 is 38.9 Å². The van der Waals surface area contributed by atoms with Gasteiger partial charge in [0, 0.05) is 29.3 Å². The number of fused-ring (bicyclic) bond motifs is 3. The number of rotatable bonds is 9. The molecular weight excluding hydrogens is 643 g/mol. The van der Waals surface area contributed by atoms with E-state index in [9.17, 15) is 29.4 Å². The van der Waals surface area contributed by atoms with Crippen LogP contribution in [0, 0.1) is 5.92 Å². The molecule has 6 atom stereocenters. The fourth-order valence-electron chi connectivity index (χ4n) is 8.05. The minimum atomic E-state index is -3.05. The van der Waals surface area contributed by atoms with Gasteiger partial charge in [0.15, 0.2) is 13.9 Å². The molecule has 3 aromatic rings. The van der Waals surface area contributed by atoms with Gasteiger partial charge in [-0.05, 0) is 73.5 Å². The van der Waals surface area contributed by atoms with Crippen LogP contribution in [0.5, 0.6) is 5.75 Å². The minimum Gasteiger partial charge on any atom is -0.497 e. The second kappa shape index (κ2) is 13.3. The van der Waals surface area contributed by atoms with Crippen molar-refractivity contribution in [3.63, 3.8) is 0 Å². The van der Waals surface area contributed by atoms with Crippen molar-refractivity contribution in [1.82, 2.24) is 4.90 Å². The van der Waals surface area contributed by atoms with Crippen LogP contribution in [0.15, 0.2) is 66.7 Å². The van der Waals surface area contributed by atoms with Gasteiger partial charge < -0.3 is 39.6 Å². The third kappa shape index (κ3) is 6.28. The number of nitrogens with one attached hydrogen (secondary N) is 1. The average molecular weight is 688 g/mol. The smallest absolute Gasteiger partial charge is 0.264 e. The predicted octanol–water partition coefficient (Wildman–Crippen LogP) is 3.70. The molecule has 0 bridgehead atoms. The Bertz CT molecular complexity index is 1760. The van der Waals surface area contributed by atoms with Crippen molar-refractivity contribution in [2.24, 2.45) is 5.92 Å². The molecule has 3 aliphatic heterocycles. The molecule has 0 aliphatic carbocycles. The van der Waals surface area contributed by atoms with E-state index in [0.29, 0.717) is 35.7 Å². The monoisotopic (exact) mass is 687 g/mol. The van der Waals surface area contributed by atoms with Crippen molar-refractivity contribution >= 4 is 37.4 Å². The summed E-state index contributed by atoms with van der Waals surface area (Å²) in [6.45, 7) is 7.29. The lowest BCUT2D eigenvalue weighted by Gasteiger charge is -2.37. The molecule has 1 saturated heterocycles. The van der Waals surface area contributed by atoms with Gasteiger partial charge >= 0.3 is 0 Å². The maximum Gasteiger partial charge on any atom is 0.264 e. The molecule has 0 saturated carbocycles. The topological polar surface area (TPSA) is 149 Å². The molecule has 260 valence electrons. The number of aliphatic hydroxyl groups is 2. The number of anilines is 2. The zero-order valence-electron chi connectivity index (χ0n) is 28.6. The highest BCUT2D eigenvalue weighted by molar-refractivity contribution is 6.71. The molecule has 3 heterocycles. The van der Waals surface area contributed by atoms with E-state index in [0.717, 1.165) is 16.7 Å². The normalized spacial score (nSPS) is 25.3. The lowest BCUT2D eigenvalue weighted by molar-refractivity contribution is -0.151. The molecule has 0 radical (unpaired) electrons. The number of methoxy groups -OCH3 is 1. The first kappa shape index (κ1) is 34.8. The van der Waals surface area contributed by atoms with Crippen LogP contribution >= 0.6 is 0 Å². The first-order valence-electron chi connectivity index (χ1n) is 16.7. The fourth-order valence-corrected chi connectivity index (χ4v) is 10.6. The Morgan fingerprint density at radius 2 is 1.84 bits per heavy atom. The van der Waals surface area contributed by atoms with Crippen LogP contribution in [0.3, 0.4) is 0 Å². The summed E-state index contributed by atoms with van der Waals surface area (Å²) in [4.78, 5) is 56.2. The lowest BCUT2D eigenvalue weighted by atomic mass is 9.82. The van der Waals surface area contributed by atoms with E-state index in [-0.39, 0.29) is 37.4 Å². The lowest BCUT2D eigenvalue weighted by Crippen LogP contribution is -2.48. The van der Waals surface area contributed by atoms with Gasteiger partial charge in [0.2, 0.25) is 5.91 Å². The number of ether oxygens (including phenoxy) is 2. The summed E-state index contributed by atoms with van der Waals surface area (Å²) in [5.74, 6) is -0.996. The Balaban J connectivity index is 1.34. The SMILES string of the molecule is COc1ccc2c(c1)[C@]1(O[C@@H](CC(=O)N3Cc4ccccc4C[C@H]3CO)[C@H]([Si](C)(C)O)[C@H]1C)C(=O)N2Cc1cccc(NC(=O)[C@H](C)O)c1. The summed E-state index contributed by atoms with van der Waals surface area (Å²) in [6, 6.07) is 20.0. The highest BCUT2D eigenvalue weighted by Crippen LogP contribution is 2.60.